The summed E-state index contributed by atoms with van der Waals surface area (Å²) in [6.45, 7) is 3.38. The van der Waals surface area contributed by atoms with Gasteiger partial charge in [0, 0.05) is 18.6 Å². The zero-order valence-corrected chi connectivity index (χ0v) is 11.5. The van der Waals surface area contributed by atoms with Crippen molar-refractivity contribution in [1.29, 1.82) is 0 Å². The lowest BCUT2D eigenvalue weighted by molar-refractivity contribution is -0.0120. The van der Waals surface area contributed by atoms with Gasteiger partial charge in [-0.15, -0.1) is 0 Å². The Bertz CT molecular complexity index is 282. The van der Waals surface area contributed by atoms with Crippen molar-refractivity contribution in [3.63, 3.8) is 0 Å². The smallest absolute Gasteiger partial charge is 0.0580 e. The third kappa shape index (κ3) is 2.45. The maximum atomic E-state index is 10.2. The van der Waals surface area contributed by atoms with Crippen LogP contribution >= 0.6 is 0 Å². The van der Waals surface area contributed by atoms with E-state index in [-0.39, 0.29) is 12.2 Å². The van der Waals surface area contributed by atoms with Crippen LogP contribution in [0.5, 0.6) is 0 Å². The van der Waals surface area contributed by atoms with Crippen molar-refractivity contribution in [3.05, 3.63) is 0 Å². The lowest BCUT2D eigenvalue weighted by atomic mass is 9.79. The second-order valence-electron chi connectivity index (χ2n) is 6.95. The van der Waals surface area contributed by atoms with Crippen LogP contribution in [0, 0.1) is 11.8 Å². The summed E-state index contributed by atoms with van der Waals surface area (Å²) in [6, 6.07) is 1.17. The van der Waals surface area contributed by atoms with Gasteiger partial charge < -0.3 is 10.2 Å². The molecule has 18 heavy (non-hydrogen) atoms. The standard InChI is InChI=1S/C15H27NO2/c1-10-2-5-15(18)11(6-10)9-16-12-3-4-13(16)8-14(17)7-12/h10-15,17-18H,2-9H2,1H3. The van der Waals surface area contributed by atoms with Gasteiger partial charge in [0.2, 0.25) is 0 Å². The minimum Gasteiger partial charge on any atom is -0.393 e. The Balaban J connectivity index is 1.62. The molecular formula is C15H27NO2. The molecule has 2 aliphatic heterocycles. The summed E-state index contributed by atoms with van der Waals surface area (Å²) in [7, 11) is 0. The highest BCUT2D eigenvalue weighted by molar-refractivity contribution is 4.96. The molecule has 2 saturated heterocycles. The molecule has 1 aliphatic carbocycles. The second kappa shape index (κ2) is 5.10. The summed E-state index contributed by atoms with van der Waals surface area (Å²) in [6.07, 6.45) is 7.59. The molecule has 0 aromatic carbocycles. The van der Waals surface area contributed by atoms with Crippen LogP contribution in [0.15, 0.2) is 0 Å². The zero-order chi connectivity index (χ0) is 12.7. The normalized spacial score (nSPS) is 49.5. The minimum absolute atomic E-state index is 0.0750. The van der Waals surface area contributed by atoms with Crippen molar-refractivity contribution in [3.8, 4) is 0 Å². The lowest BCUT2D eigenvalue weighted by Gasteiger charge is -2.42. The van der Waals surface area contributed by atoms with Crippen molar-refractivity contribution < 1.29 is 10.2 Å². The van der Waals surface area contributed by atoms with Crippen LogP contribution in [0.3, 0.4) is 0 Å². The summed E-state index contributed by atoms with van der Waals surface area (Å²) in [5.41, 5.74) is 0. The van der Waals surface area contributed by atoms with E-state index < -0.39 is 0 Å². The predicted molar refractivity (Wildman–Crippen MR) is 71.3 cm³/mol. The Hall–Kier alpha value is -0.120. The van der Waals surface area contributed by atoms with Gasteiger partial charge in [-0.3, -0.25) is 4.90 Å². The fraction of sp³-hybridized carbons (Fsp3) is 1.00. The SMILES string of the molecule is CC1CCC(O)C(CN2C3CCC2CC(O)C3)C1. The largest absolute Gasteiger partial charge is 0.393 e. The summed E-state index contributed by atoms with van der Waals surface area (Å²) in [5, 5.41) is 20.0. The molecule has 0 spiro atoms. The van der Waals surface area contributed by atoms with Crippen LogP contribution in [0.2, 0.25) is 0 Å². The van der Waals surface area contributed by atoms with Crippen LogP contribution in [-0.4, -0.2) is 45.9 Å². The van der Waals surface area contributed by atoms with E-state index in [4.69, 9.17) is 0 Å². The van der Waals surface area contributed by atoms with Gasteiger partial charge in [-0.25, -0.2) is 0 Å². The number of rotatable bonds is 2. The van der Waals surface area contributed by atoms with Gasteiger partial charge in [0.1, 0.15) is 0 Å². The maximum absolute atomic E-state index is 10.2. The first kappa shape index (κ1) is 12.9. The molecule has 3 fully saturated rings. The van der Waals surface area contributed by atoms with Crippen molar-refractivity contribution in [2.75, 3.05) is 6.54 Å². The maximum Gasteiger partial charge on any atom is 0.0580 e. The number of hydrogen-bond acceptors (Lipinski definition) is 3. The Labute approximate surface area is 110 Å². The average Bonchev–Trinajstić information content (AvgIpc) is 2.57. The zero-order valence-electron chi connectivity index (χ0n) is 11.5. The molecule has 0 aromatic rings. The highest BCUT2D eigenvalue weighted by Gasteiger charge is 2.42. The highest BCUT2D eigenvalue weighted by atomic mass is 16.3. The van der Waals surface area contributed by atoms with Gasteiger partial charge in [-0.2, -0.15) is 0 Å². The molecule has 3 rings (SSSR count). The van der Waals surface area contributed by atoms with Gasteiger partial charge >= 0.3 is 0 Å². The van der Waals surface area contributed by atoms with Gasteiger partial charge in [0.25, 0.3) is 0 Å². The molecule has 0 radical (unpaired) electrons. The fourth-order valence-electron chi connectivity index (χ4n) is 4.49. The van der Waals surface area contributed by atoms with Crippen LogP contribution in [-0.2, 0) is 0 Å². The van der Waals surface area contributed by atoms with E-state index in [9.17, 15) is 10.2 Å². The van der Waals surface area contributed by atoms with Crippen molar-refractivity contribution in [2.45, 2.75) is 76.2 Å². The minimum atomic E-state index is -0.0903. The molecule has 2 N–H and O–H groups in total. The molecule has 3 nitrogen and oxygen atoms in total. The van der Waals surface area contributed by atoms with E-state index in [1.807, 2.05) is 0 Å². The number of aliphatic hydroxyl groups is 2. The van der Waals surface area contributed by atoms with Crippen molar-refractivity contribution in [2.24, 2.45) is 11.8 Å². The van der Waals surface area contributed by atoms with E-state index >= 15 is 0 Å². The highest BCUT2D eigenvalue weighted by Crippen LogP contribution is 2.38. The number of aliphatic hydroxyl groups excluding tert-OH is 2. The first-order chi connectivity index (χ1) is 8.63. The first-order valence-electron chi connectivity index (χ1n) is 7.75. The Morgan fingerprint density at radius 2 is 1.61 bits per heavy atom. The van der Waals surface area contributed by atoms with Crippen molar-refractivity contribution >= 4 is 0 Å². The molecule has 2 bridgehead atoms. The van der Waals surface area contributed by atoms with Crippen LogP contribution in [0.4, 0.5) is 0 Å². The second-order valence-corrected chi connectivity index (χ2v) is 6.95. The number of nitrogens with zero attached hydrogens (tertiary/aromatic N) is 1. The van der Waals surface area contributed by atoms with E-state index in [0.29, 0.717) is 18.0 Å². The van der Waals surface area contributed by atoms with E-state index in [0.717, 1.165) is 31.7 Å². The van der Waals surface area contributed by atoms with Crippen molar-refractivity contribution in [1.82, 2.24) is 4.90 Å². The van der Waals surface area contributed by atoms with Crippen LogP contribution in [0.25, 0.3) is 0 Å². The van der Waals surface area contributed by atoms with Crippen LogP contribution < -0.4 is 0 Å². The van der Waals surface area contributed by atoms with E-state index in [2.05, 4.69) is 11.8 Å². The average molecular weight is 253 g/mol. The number of fused-ring (bicyclic) bond motifs is 2. The first-order valence-corrected chi connectivity index (χ1v) is 7.75. The molecule has 0 amide bonds. The quantitative estimate of drug-likeness (QED) is 0.788. The van der Waals surface area contributed by atoms with Gasteiger partial charge in [-0.1, -0.05) is 6.92 Å². The molecule has 104 valence electrons. The number of hydrogen-bond donors (Lipinski definition) is 2. The summed E-state index contributed by atoms with van der Waals surface area (Å²) < 4.78 is 0. The third-order valence-electron chi connectivity index (χ3n) is 5.51. The predicted octanol–water partition coefficient (Wildman–Crippen LogP) is 1.77. The van der Waals surface area contributed by atoms with E-state index in [1.54, 1.807) is 0 Å². The molecule has 5 unspecified atom stereocenters. The molecule has 0 aromatic heterocycles. The summed E-state index contributed by atoms with van der Waals surface area (Å²) in [5.74, 6) is 1.23. The topological polar surface area (TPSA) is 43.7 Å². The molecule has 5 atom stereocenters. The molecule has 3 heteroatoms. The van der Waals surface area contributed by atoms with Crippen LogP contribution in [0.1, 0.15) is 51.9 Å². The Kier molecular flexibility index (Phi) is 3.65. The Morgan fingerprint density at radius 3 is 2.28 bits per heavy atom. The van der Waals surface area contributed by atoms with Gasteiger partial charge in [0.05, 0.1) is 12.2 Å². The van der Waals surface area contributed by atoms with E-state index in [1.165, 1.54) is 25.7 Å². The molecular weight excluding hydrogens is 226 g/mol. The lowest BCUT2D eigenvalue weighted by Crippen LogP contribution is -2.49. The number of piperidine rings is 1. The summed E-state index contributed by atoms with van der Waals surface area (Å²) in [4.78, 5) is 2.61. The molecule has 1 saturated carbocycles. The van der Waals surface area contributed by atoms with Gasteiger partial charge in [0.15, 0.2) is 0 Å². The fourth-order valence-corrected chi connectivity index (χ4v) is 4.49. The Morgan fingerprint density at radius 1 is 0.944 bits per heavy atom. The summed E-state index contributed by atoms with van der Waals surface area (Å²) >= 11 is 0. The molecule has 2 heterocycles. The van der Waals surface area contributed by atoms with Gasteiger partial charge in [-0.05, 0) is 56.8 Å². The monoisotopic (exact) mass is 253 g/mol. The third-order valence-corrected chi connectivity index (χ3v) is 5.51. The molecule has 3 aliphatic rings.